The summed E-state index contributed by atoms with van der Waals surface area (Å²) in [5.41, 5.74) is 5.00. The van der Waals surface area contributed by atoms with E-state index in [1.165, 1.54) is 41.7 Å². The van der Waals surface area contributed by atoms with Crippen LogP contribution in [-0.2, 0) is 25.9 Å². The number of hydrogen-bond donors (Lipinski definition) is 0. The second-order valence-corrected chi connectivity index (χ2v) is 11.5. The molecule has 3 nitrogen and oxygen atoms in total. The highest BCUT2D eigenvalue weighted by atomic mass is 35.5. The minimum atomic E-state index is -0.549. The number of carbonyl (C=O) groups excluding carboxylic acids is 1. The van der Waals surface area contributed by atoms with Crippen molar-refractivity contribution in [2.75, 3.05) is 26.2 Å². The SMILES string of the molecule is O=C(CCCC1CCN(Cc2ccccc2Cl)CC1)c1ccc2c(c1)CCN(Cc1ccc(F)cc1F)CC2. The topological polar surface area (TPSA) is 23.6 Å². The first-order chi connectivity index (χ1) is 18.9. The Balaban J connectivity index is 1.06. The fourth-order valence-corrected chi connectivity index (χ4v) is 6.19. The molecule has 2 aliphatic rings. The fourth-order valence-electron chi connectivity index (χ4n) is 5.99. The first-order valence-corrected chi connectivity index (χ1v) is 14.6. The highest BCUT2D eigenvalue weighted by Gasteiger charge is 2.21. The van der Waals surface area contributed by atoms with Crippen molar-refractivity contribution >= 4 is 17.4 Å². The van der Waals surface area contributed by atoms with Crippen LogP contribution in [0.25, 0.3) is 0 Å². The third kappa shape index (κ3) is 7.53. The Hall–Kier alpha value is -2.60. The van der Waals surface area contributed by atoms with Gasteiger partial charge in [0.25, 0.3) is 0 Å². The zero-order valence-electron chi connectivity index (χ0n) is 22.5. The van der Waals surface area contributed by atoms with Gasteiger partial charge in [0.1, 0.15) is 11.6 Å². The predicted molar refractivity (Wildman–Crippen MR) is 153 cm³/mol. The summed E-state index contributed by atoms with van der Waals surface area (Å²) in [6, 6.07) is 18.0. The van der Waals surface area contributed by atoms with Gasteiger partial charge in [0.05, 0.1) is 0 Å². The van der Waals surface area contributed by atoms with Gasteiger partial charge in [0.15, 0.2) is 5.78 Å². The van der Waals surface area contributed by atoms with Crippen LogP contribution in [0.5, 0.6) is 0 Å². The Labute approximate surface area is 235 Å². The molecule has 1 saturated heterocycles. The number of halogens is 3. The van der Waals surface area contributed by atoms with E-state index in [0.717, 1.165) is 75.1 Å². The van der Waals surface area contributed by atoms with E-state index in [1.54, 1.807) is 0 Å². The van der Waals surface area contributed by atoms with Crippen molar-refractivity contribution in [1.82, 2.24) is 9.80 Å². The molecule has 39 heavy (non-hydrogen) atoms. The van der Waals surface area contributed by atoms with Crippen LogP contribution >= 0.6 is 11.6 Å². The normalized spacial score (nSPS) is 17.1. The molecule has 2 aliphatic heterocycles. The molecule has 2 heterocycles. The standard InChI is InChI=1S/C33H37ClF2N2O/c34-31-6-2-1-5-28(31)22-37-16-12-24(13-17-37)4-3-7-33(39)27-9-8-25-14-18-38(19-15-26(25)20-27)23-29-10-11-30(35)21-32(29)36/h1-2,5-6,8-11,20-21,24H,3-4,7,12-19,22-23H2. The lowest BCUT2D eigenvalue weighted by atomic mass is 9.90. The Bertz CT molecular complexity index is 1290. The van der Waals surface area contributed by atoms with Gasteiger partial charge in [0, 0.05) is 54.8 Å². The summed E-state index contributed by atoms with van der Waals surface area (Å²) in [6.07, 6.45) is 6.67. The van der Waals surface area contributed by atoms with E-state index in [9.17, 15) is 13.6 Å². The molecule has 0 bridgehead atoms. The second-order valence-electron chi connectivity index (χ2n) is 11.1. The summed E-state index contributed by atoms with van der Waals surface area (Å²) in [4.78, 5) is 17.7. The highest BCUT2D eigenvalue weighted by molar-refractivity contribution is 6.31. The lowest BCUT2D eigenvalue weighted by Crippen LogP contribution is -2.33. The summed E-state index contributed by atoms with van der Waals surface area (Å²) in [5, 5.41) is 0.841. The molecule has 0 radical (unpaired) electrons. The number of benzene rings is 3. The lowest BCUT2D eigenvalue weighted by molar-refractivity contribution is 0.0974. The van der Waals surface area contributed by atoms with Crippen LogP contribution in [0.3, 0.4) is 0 Å². The Morgan fingerprint density at radius 2 is 1.54 bits per heavy atom. The van der Waals surface area contributed by atoms with Crippen molar-refractivity contribution in [2.45, 2.75) is 58.0 Å². The molecular weight excluding hydrogens is 514 g/mol. The van der Waals surface area contributed by atoms with Crippen LogP contribution in [0, 0.1) is 17.6 Å². The molecule has 0 N–H and O–H groups in total. The maximum absolute atomic E-state index is 14.1. The largest absolute Gasteiger partial charge is 0.299 e. The molecule has 1 fully saturated rings. The molecule has 3 aromatic carbocycles. The highest BCUT2D eigenvalue weighted by Crippen LogP contribution is 2.26. The van der Waals surface area contributed by atoms with Crippen molar-refractivity contribution in [3.63, 3.8) is 0 Å². The minimum absolute atomic E-state index is 0.225. The van der Waals surface area contributed by atoms with Gasteiger partial charge in [-0.25, -0.2) is 8.78 Å². The molecule has 0 atom stereocenters. The molecular formula is C33H37ClF2N2O. The smallest absolute Gasteiger partial charge is 0.162 e. The van der Waals surface area contributed by atoms with Crippen LogP contribution in [0.15, 0.2) is 60.7 Å². The number of carbonyl (C=O) groups is 1. The van der Waals surface area contributed by atoms with Crippen molar-refractivity contribution in [3.8, 4) is 0 Å². The molecule has 6 heteroatoms. The molecule has 0 spiro atoms. The summed E-state index contributed by atoms with van der Waals surface area (Å²) >= 11 is 6.33. The summed E-state index contributed by atoms with van der Waals surface area (Å²) in [7, 11) is 0. The third-order valence-corrected chi connectivity index (χ3v) is 8.78. The van der Waals surface area contributed by atoms with E-state index in [4.69, 9.17) is 11.6 Å². The molecule has 0 aromatic heterocycles. The quantitative estimate of drug-likeness (QED) is 0.258. The number of rotatable bonds is 9. The number of likely N-dealkylation sites (tertiary alicyclic amines) is 1. The number of nitrogens with zero attached hydrogens (tertiary/aromatic N) is 2. The lowest BCUT2D eigenvalue weighted by Gasteiger charge is -2.32. The van der Waals surface area contributed by atoms with Gasteiger partial charge in [-0.3, -0.25) is 14.6 Å². The molecule has 0 amide bonds. The molecule has 0 saturated carbocycles. The van der Waals surface area contributed by atoms with E-state index in [-0.39, 0.29) is 5.78 Å². The summed E-state index contributed by atoms with van der Waals surface area (Å²) in [5.74, 6) is -0.133. The molecule has 0 aliphatic carbocycles. The number of ketones is 1. The predicted octanol–water partition coefficient (Wildman–Crippen LogP) is 7.48. The first-order valence-electron chi connectivity index (χ1n) is 14.2. The van der Waals surface area contributed by atoms with Crippen LogP contribution in [0.2, 0.25) is 5.02 Å². The van der Waals surface area contributed by atoms with E-state index in [1.807, 2.05) is 24.3 Å². The van der Waals surface area contributed by atoms with Crippen molar-refractivity contribution < 1.29 is 13.6 Å². The maximum Gasteiger partial charge on any atom is 0.162 e. The van der Waals surface area contributed by atoms with E-state index >= 15 is 0 Å². The fraction of sp³-hybridized carbons (Fsp3) is 0.424. The Morgan fingerprint density at radius 1 is 0.821 bits per heavy atom. The van der Waals surface area contributed by atoms with Crippen molar-refractivity contribution in [3.05, 3.63) is 105 Å². The first kappa shape index (κ1) is 27.9. The number of piperidine rings is 1. The van der Waals surface area contributed by atoms with Crippen molar-refractivity contribution in [2.24, 2.45) is 5.92 Å². The number of hydrogen-bond acceptors (Lipinski definition) is 3. The van der Waals surface area contributed by atoms with Gasteiger partial charge < -0.3 is 0 Å². The van der Waals surface area contributed by atoms with Gasteiger partial charge in [0.2, 0.25) is 0 Å². The molecule has 3 aromatic rings. The van der Waals surface area contributed by atoms with Crippen LogP contribution < -0.4 is 0 Å². The summed E-state index contributed by atoms with van der Waals surface area (Å²) < 4.78 is 27.4. The van der Waals surface area contributed by atoms with Gasteiger partial charge >= 0.3 is 0 Å². The number of fused-ring (bicyclic) bond motifs is 1. The molecule has 5 rings (SSSR count). The van der Waals surface area contributed by atoms with Crippen molar-refractivity contribution in [1.29, 1.82) is 0 Å². The maximum atomic E-state index is 14.1. The van der Waals surface area contributed by atoms with Gasteiger partial charge in [-0.1, -0.05) is 48.0 Å². The summed E-state index contributed by atoms with van der Waals surface area (Å²) in [6.45, 7) is 5.14. The van der Waals surface area contributed by atoms with E-state index in [0.29, 0.717) is 24.4 Å². The van der Waals surface area contributed by atoms with Gasteiger partial charge in [-0.15, -0.1) is 0 Å². The average Bonchev–Trinajstić information content (AvgIpc) is 3.14. The zero-order valence-corrected chi connectivity index (χ0v) is 23.2. The van der Waals surface area contributed by atoms with Crippen LogP contribution in [0.4, 0.5) is 8.78 Å². The van der Waals surface area contributed by atoms with Crippen LogP contribution in [0.1, 0.15) is 64.7 Å². The molecule has 206 valence electrons. The van der Waals surface area contributed by atoms with Crippen LogP contribution in [-0.4, -0.2) is 41.8 Å². The van der Waals surface area contributed by atoms with E-state index < -0.39 is 11.6 Å². The Morgan fingerprint density at radius 3 is 2.31 bits per heavy atom. The van der Waals surface area contributed by atoms with Gasteiger partial charge in [-0.05, 0) is 92.4 Å². The van der Waals surface area contributed by atoms with E-state index in [2.05, 4.69) is 28.0 Å². The second kappa shape index (κ2) is 13.2. The molecule has 0 unspecified atom stereocenters. The monoisotopic (exact) mass is 550 g/mol. The zero-order chi connectivity index (χ0) is 27.2. The average molecular weight is 551 g/mol. The minimum Gasteiger partial charge on any atom is -0.299 e. The number of Topliss-reactive ketones (excluding diaryl/α,β-unsaturated/α-hetero) is 1. The Kier molecular flexibility index (Phi) is 9.44. The van der Waals surface area contributed by atoms with Gasteiger partial charge in [-0.2, -0.15) is 0 Å². The third-order valence-electron chi connectivity index (χ3n) is 8.41.